The fraction of sp³-hybridized carbons (Fsp3) is 0.100. The van der Waals surface area contributed by atoms with E-state index < -0.39 is 11.9 Å². The third kappa shape index (κ3) is 1.99. The summed E-state index contributed by atoms with van der Waals surface area (Å²) in [6.45, 7) is 0. The molecule has 0 aliphatic heterocycles. The first-order valence-electron chi connectivity index (χ1n) is 4.52. The highest BCUT2D eigenvalue weighted by molar-refractivity contribution is 9.10. The van der Waals surface area contributed by atoms with Gasteiger partial charge < -0.3 is 4.42 Å². The van der Waals surface area contributed by atoms with Crippen LogP contribution in [0.25, 0.3) is 0 Å². The van der Waals surface area contributed by atoms with E-state index in [2.05, 4.69) is 26.3 Å². The Kier molecular flexibility index (Phi) is 3.33. The maximum absolute atomic E-state index is 13.5. The Morgan fingerprint density at radius 2 is 2.25 bits per heavy atom. The lowest BCUT2D eigenvalue weighted by molar-refractivity contribution is 0.518. The van der Waals surface area contributed by atoms with Gasteiger partial charge in [-0.2, -0.15) is 0 Å². The third-order valence-electron chi connectivity index (χ3n) is 2.24. The average molecular weight is 286 g/mol. The standard InChI is InChI=1S/C10H9BrFN3O/c11-10-7(2-4-16-10)9(15-13)6-1-3-14-5-8(6)12/h1-5,9,15H,13H2. The second-order valence-electron chi connectivity index (χ2n) is 3.15. The summed E-state index contributed by atoms with van der Waals surface area (Å²) in [5.74, 6) is 5.02. The molecule has 2 rings (SSSR count). The number of hydrazine groups is 1. The summed E-state index contributed by atoms with van der Waals surface area (Å²) in [6, 6.07) is 2.81. The van der Waals surface area contributed by atoms with Crippen LogP contribution in [0, 0.1) is 5.82 Å². The van der Waals surface area contributed by atoms with Gasteiger partial charge in [0.15, 0.2) is 4.67 Å². The molecule has 2 aromatic rings. The Balaban J connectivity index is 2.45. The second-order valence-corrected chi connectivity index (χ2v) is 3.87. The molecule has 1 unspecified atom stereocenters. The Labute approximate surface area is 99.8 Å². The van der Waals surface area contributed by atoms with Gasteiger partial charge in [-0.05, 0) is 28.1 Å². The molecule has 0 radical (unpaired) electrons. The van der Waals surface area contributed by atoms with E-state index in [0.29, 0.717) is 10.2 Å². The van der Waals surface area contributed by atoms with E-state index in [1.807, 2.05) is 0 Å². The lowest BCUT2D eigenvalue weighted by Crippen LogP contribution is -2.29. The summed E-state index contributed by atoms with van der Waals surface area (Å²) < 4.78 is 19.2. The Morgan fingerprint density at radius 1 is 1.44 bits per heavy atom. The van der Waals surface area contributed by atoms with Gasteiger partial charge in [0.2, 0.25) is 0 Å². The van der Waals surface area contributed by atoms with Crippen molar-refractivity contribution in [2.45, 2.75) is 6.04 Å². The highest BCUT2D eigenvalue weighted by Crippen LogP contribution is 2.29. The van der Waals surface area contributed by atoms with Crippen molar-refractivity contribution in [3.05, 3.63) is 52.4 Å². The average Bonchev–Trinajstić information content (AvgIpc) is 2.69. The quantitative estimate of drug-likeness (QED) is 0.670. The maximum atomic E-state index is 13.5. The molecule has 0 aliphatic rings. The molecule has 0 bridgehead atoms. The molecule has 1 atom stereocenters. The first-order chi connectivity index (χ1) is 7.74. The first-order valence-corrected chi connectivity index (χ1v) is 5.31. The summed E-state index contributed by atoms with van der Waals surface area (Å²) >= 11 is 3.23. The number of nitrogens with two attached hydrogens (primary N) is 1. The molecular weight excluding hydrogens is 277 g/mol. The van der Waals surface area contributed by atoms with Crippen LogP contribution in [0.1, 0.15) is 17.2 Å². The number of hydrogen-bond donors (Lipinski definition) is 2. The van der Waals surface area contributed by atoms with Crippen LogP contribution in [0.2, 0.25) is 0 Å². The minimum Gasteiger partial charge on any atom is -0.457 e. The number of furan rings is 1. The van der Waals surface area contributed by atoms with Crippen LogP contribution in [-0.2, 0) is 0 Å². The predicted molar refractivity (Wildman–Crippen MR) is 59.8 cm³/mol. The van der Waals surface area contributed by atoms with Crippen LogP contribution in [0.5, 0.6) is 0 Å². The van der Waals surface area contributed by atoms with E-state index in [-0.39, 0.29) is 0 Å². The van der Waals surface area contributed by atoms with Crippen molar-refractivity contribution >= 4 is 15.9 Å². The zero-order chi connectivity index (χ0) is 11.5. The number of aromatic nitrogens is 1. The maximum Gasteiger partial charge on any atom is 0.174 e. The van der Waals surface area contributed by atoms with Crippen molar-refractivity contribution in [2.75, 3.05) is 0 Å². The van der Waals surface area contributed by atoms with E-state index in [1.54, 1.807) is 12.1 Å². The van der Waals surface area contributed by atoms with Crippen LogP contribution >= 0.6 is 15.9 Å². The van der Waals surface area contributed by atoms with Crippen molar-refractivity contribution < 1.29 is 8.81 Å². The first kappa shape index (κ1) is 11.3. The van der Waals surface area contributed by atoms with Gasteiger partial charge >= 0.3 is 0 Å². The molecule has 0 spiro atoms. The van der Waals surface area contributed by atoms with Gasteiger partial charge in [-0.1, -0.05) is 0 Å². The number of nitrogens with one attached hydrogen (secondary N) is 1. The van der Waals surface area contributed by atoms with E-state index >= 15 is 0 Å². The topological polar surface area (TPSA) is 64.1 Å². The summed E-state index contributed by atoms with van der Waals surface area (Å²) in [6.07, 6.45) is 4.16. The number of pyridine rings is 1. The number of halogens is 2. The van der Waals surface area contributed by atoms with Gasteiger partial charge in [0.25, 0.3) is 0 Å². The van der Waals surface area contributed by atoms with Crippen LogP contribution in [-0.4, -0.2) is 4.98 Å². The van der Waals surface area contributed by atoms with Crippen LogP contribution in [0.15, 0.2) is 39.9 Å². The monoisotopic (exact) mass is 285 g/mol. The SMILES string of the molecule is NNC(c1ccncc1F)c1ccoc1Br. The van der Waals surface area contributed by atoms with E-state index in [1.165, 1.54) is 12.5 Å². The van der Waals surface area contributed by atoms with Crippen molar-refractivity contribution in [2.24, 2.45) is 5.84 Å². The molecule has 2 heterocycles. The fourth-order valence-corrected chi connectivity index (χ4v) is 1.95. The van der Waals surface area contributed by atoms with Gasteiger partial charge in [0, 0.05) is 17.3 Å². The molecule has 0 aliphatic carbocycles. The smallest absolute Gasteiger partial charge is 0.174 e. The largest absolute Gasteiger partial charge is 0.457 e. The Morgan fingerprint density at radius 3 is 2.81 bits per heavy atom. The Bertz CT molecular complexity index is 488. The van der Waals surface area contributed by atoms with Crippen molar-refractivity contribution in [3.63, 3.8) is 0 Å². The normalized spacial score (nSPS) is 12.7. The van der Waals surface area contributed by atoms with Gasteiger partial charge in [-0.25, -0.2) is 9.82 Å². The molecule has 0 saturated carbocycles. The number of rotatable bonds is 3. The summed E-state index contributed by atoms with van der Waals surface area (Å²) in [4.78, 5) is 3.69. The summed E-state index contributed by atoms with van der Waals surface area (Å²) in [5, 5.41) is 0. The van der Waals surface area contributed by atoms with Crippen molar-refractivity contribution in [1.29, 1.82) is 0 Å². The third-order valence-corrected chi connectivity index (χ3v) is 2.88. The van der Waals surface area contributed by atoms with E-state index in [0.717, 1.165) is 11.8 Å². The van der Waals surface area contributed by atoms with Gasteiger partial charge in [0.1, 0.15) is 5.82 Å². The lowest BCUT2D eigenvalue weighted by Gasteiger charge is -2.15. The van der Waals surface area contributed by atoms with Crippen LogP contribution < -0.4 is 11.3 Å². The molecule has 0 saturated heterocycles. The van der Waals surface area contributed by atoms with Gasteiger partial charge in [0.05, 0.1) is 18.5 Å². The number of nitrogens with zero attached hydrogens (tertiary/aromatic N) is 1. The molecule has 2 aromatic heterocycles. The lowest BCUT2D eigenvalue weighted by atomic mass is 10.0. The summed E-state index contributed by atoms with van der Waals surface area (Å²) in [5.41, 5.74) is 3.69. The molecule has 0 amide bonds. The molecule has 0 fully saturated rings. The minimum atomic E-state index is -0.476. The second kappa shape index (κ2) is 4.73. The minimum absolute atomic E-state index is 0.416. The van der Waals surface area contributed by atoms with E-state index in [9.17, 15) is 4.39 Å². The highest BCUT2D eigenvalue weighted by Gasteiger charge is 2.20. The molecule has 0 aromatic carbocycles. The van der Waals surface area contributed by atoms with Crippen LogP contribution in [0.3, 0.4) is 0 Å². The van der Waals surface area contributed by atoms with Crippen LogP contribution in [0.4, 0.5) is 4.39 Å². The zero-order valence-electron chi connectivity index (χ0n) is 8.15. The molecular formula is C10H9BrFN3O. The van der Waals surface area contributed by atoms with E-state index in [4.69, 9.17) is 10.3 Å². The molecule has 16 heavy (non-hydrogen) atoms. The van der Waals surface area contributed by atoms with Gasteiger partial charge in [-0.3, -0.25) is 10.8 Å². The predicted octanol–water partition coefficient (Wildman–Crippen LogP) is 2.13. The summed E-state index contributed by atoms with van der Waals surface area (Å²) in [7, 11) is 0. The zero-order valence-corrected chi connectivity index (χ0v) is 9.74. The molecule has 84 valence electrons. The molecule has 3 N–H and O–H groups in total. The number of hydrogen-bond acceptors (Lipinski definition) is 4. The van der Waals surface area contributed by atoms with Crippen molar-refractivity contribution in [3.8, 4) is 0 Å². The molecule has 6 heteroatoms. The highest BCUT2D eigenvalue weighted by atomic mass is 79.9. The Hall–Kier alpha value is -1.24. The molecule has 4 nitrogen and oxygen atoms in total. The van der Waals surface area contributed by atoms with Crippen molar-refractivity contribution in [1.82, 2.24) is 10.4 Å². The van der Waals surface area contributed by atoms with Gasteiger partial charge in [-0.15, -0.1) is 0 Å². The fourth-order valence-electron chi connectivity index (χ4n) is 1.48.